The maximum atomic E-state index is 15.0. The number of hydrogen-bond acceptors (Lipinski definition) is 16. The fourth-order valence-electron chi connectivity index (χ4n) is 14.4. The number of aromatic amines is 1. The lowest BCUT2D eigenvalue weighted by atomic mass is 9.59. The zero-order valence-corrected chi connectivity index (χ0v) is 48.5. The molecule has 3 N–H and O–H groups in total. The molecule has 13 rings (SSSR count). The third kappa shape index (κ3) is 10.7. The van der Waals surface area contributed by atoms with Crippen molar-refractivity contribution in [2.75, 3.05) is 74.3 Å². The summed E-state index contributed by atoms with van der Waals surface area (Å²) < 4.78 is 90.8. The van der Waals surface area contributed by atoms with Crippen LogP contribution in [0.1, 0.15) is 100 Å². The van der Waals surface area contributed by atoms with Crippen molar-refractivity contribution in [1.29, 1.82) is 0 Å². The zero-order valence-electron chi connectivity index (χ0n) is 47.7. The Morgan fingerprint density at radius 2 is 1.70 bits per heavy atom. The zero-order chi connectivity index (χ0) is 58.2. The van der Waals surface area contributed by atoms with Crippen LogP contribution in [0.4, 0.5) is 37.2 Å². The summed E-state index contributed by atoms with van der Waals surface area (Å²) in [5.41, 5.74) is 3.26. The predicted molar refractivity (Wildman–Crippen MR) is 312 cm³/mol. The lowest BCUT2D eigenvalue weighted by Crippen LogP contribution is -2.59. The van der Waals surface area contributed by atoms with Crippen molar-refractivity contribution >= 4 is 55.4 Å². The van der Waals surface area contributed by atoms with Gasteiger partial charge in [0.1, 0.15) is 28.8 Å². The predicted octanol–water partition coefficient (Wildman–Crippen LogP) is 10.0. The van der Waals surface area contributed by atoms with Gasteiger partial charge in [-0.05, 0) is 138 Å². The maximum Gasteiger partial charge on any atom is 0.297 e. The van der Waals surface area contributed by atoms with Crippen LogP contribution in [0.3, 0.4) is 0 Å². The van der Waals surface area contributed by atoms with Gasteiger partial charge < -0.3 is 43.8 Å². The molecular weight excluding hydrogens is 1100 g/mol. The summed E-state index contributed by atoms with van der Waals surface area (Å²) in [4.78, 5) is 44.0. The first-order valence-corrected chi connectivity index (χ1v) is 30.9. The van der Waals surface area contributed by atoms with Gasteiger partial charge in [-0.3, -0.25) is 24.7 Å². The van der Waals surface area contributed by atoms with E-state index in [1.807, 2.05) is 64.1 Å². The molecular formula is C62H71F2N9O10S. The molecule has 0 bridgehead atoms. The lowest BCUT2D eigenvalue weighted by molar-refractivity contribution is -0.384. The summed E-state index contributed by atoms with van der Waals surface area (Å²) in [6.45, 7) is 13.9. The van der Waals surface area contributed by atoms with Crippen molar-refractivity contribution in [2.45, 2.75) is 126 Å². The highest BCUT2D eigenvalue weighted by molar-refractivity contribution is 7.90. The van der Waals surface area contributed by atoms with E-state index in [-0.39, 0.29) is 59.2 Å². The van der Waals surface area contributed by atoms with E-state index >= 15 is 4.79 Å². The van der Waals surface area contributed by atoms with E-state index in [2.05, 4.69) is 46.8 Å². The van der Waals surface area contributed by atoms with Gasteiger partial charge in [0.15, 0.2) is 23.1 Å². The highest BCUT2D eigenvalue weighted by atomic mass is 32.2. The fraction of sp³-hybridized carbons (Fsp3) is 0.484. The van der Waals surface area contributed by atoms with E-state index in [1.165, 1.54) is 18.2 Å². The lowest BCUT2D eigenvalue weighted by Gasteiger charge is -2.58. The number of benzene rings is 4. The van der Waals surface area contributed by atoms with Crippen LogP contribution in [0.5, 0.6) is 17.4 Å². The number of para-hydroxylation sites is 1. The number of aromatic nitrogens is 2. The summed E-state index contributed by atoms with van der Waals surface area (Å²) in [6.07, 6.45) is 7.20. The number of nitrogens with zero attached hydrogens (tertiary/aromatic N) is 6. The Hall–Kier alpha value is -7.11. The molecule has 1 amide bonds. The molecule has 6 aliphatic heterocycles. The van der Waals surface area contributed by atoms with Crippen LogP contribution in [0, 0.1) is 33.1 Å². The number of halogens is 2. The number of piperazine rings is 1. The number of fused-ring (bicyclic) bond motifs is 4. The molecule has 2 aromatic heterocycles. The largest absolute Gasteiger partial charge is 0.491 e. The minimum atomic E-state index is -4.77. The number of carbonyl (C=O) groups is 1. The number of rotatable bonds is 13. The maximum absolute atomic E-state index is 15.0. The number of pyridine rings is 1. The van der Waals surface area contributed by atoms with Crippen LogP contribution in [0.2, 0.25) is 0 Å². The topological polar surface area (TPSA) is 206 Å². The number of nitro benzene ring substituents is 1. The first-order chi connectivity index (χ1) is 40.4. The van der Waals surface area contributed by atoms with E-state index in [9.17, 15) is 27.3 Å². The van der Waals surface area contributed by atoms with E-state index in [1.54, 1.807) is 18.3 Å². The van der Waals surface area contributed by atoms with Crippen LogP contribution in [-0.4, -0.2) is 134 Å². The molecule has 4 saturated heterocycles. The van der Waals surface area contributed by atoms with Gasteiger partial charge in [0.05, 0.1) is 51.9 Å². The molecule has 1 aliphatic carbocycles. The van der Waals surface area contributed by atoms with E-state index in [4.69, 9.17) is 28.7 Å². The molecule has 1 spiro atoms. The molecule has 1 saturated carbocycles. The molecule has 4 atom stereocenters. The highest BCUT2D eigenvalue weighted by Crippen LogP contribution is 2.54. The Kier molecular flexibility index (Phi) is 14.7. The van der Waals surface area contributed by atoms with Crippen molar-refractivity contribution in [1.82, 2.24) is 24.5 Å². The van der Waals surface area contributed by atoms with Crippen molar-refractivity contribution in [3.05, 3.63) is 130 Å². The molecule has 0 unspecified atom stereocenters. The number of hydrogen-bond donors (Lipinski definition) is 3. The van der Waals surface area contributed by atoms with Crippen LogP contribution < -0.4 is 34.0 Å². The van der Waals surface area contributed by atoms with Crippen LogP contribution in [0.25, 0.3) is 11.0 Å². The number of piperidine rings is 1. The molecule has 6 aromatic rings. The Labute approximate surface area is 487 Å². The minimum absolute atomic E-state index is 0.00478. The third-order valence-corrected chi connectivity index (χ3v) is 19.9. The average molecular weight is 1170 g/mol. The summed E-state index contributed by atoms with van der Waals surface area (Å²) >= 11 is 0. The first-order valence-electron chi connectivity index (χ1n) is 29.4. The number of carbonyl (C=O) groups excluding carboxylic acids is 1. The normalized spacial score (nSPS) is 23.6. The number of H-pyrrole nitrogens is 1. The highest BCUT2D eigenvalue weighted by Gasteiger charge is 2.51. The Bertz CT molecular complexity index is 3620. The molecule has 7 aliphatic rings. The van der Waals surface area contributed by atoms with Gasteiger partial charge in [-0.25, -0.2) is 21.9 Å². The molecule has 5 fully saturated rings. The average Bonchev–Trinajstić information content (AvgIpc) is 1.31. The fourth-order valence-corrected chi connectivity index (χ4v) is 15.4. The third-order valence-electron chi connectivity index (χ3n) is 18.6. The Morgan fingerprint density at radius 3 is 2.48 bits per heavy atom. The summed E-state index contributed by atoms with van der Waals surface area (Å²) in [7, 11) is -4.77. The monoisotopic (exact) mass is 1170 g/mol. The summed E-state index contributed by atoms with van der Waals surface area (Å²) in [5, 5.41) is 16.9. The first kappa shape index (κ1) is 56.0. The van der Waals surface area contributed by atoms with Gasteiger partial charge >= 0.3 is 0 Å². The summed E-state index contributed by atoms with van der Waals surface area (Å²) in [6, 6.07) is 23.7. The molecule has 444 valence electrons. The van der Waals surface area contributed by atoms with Crippen LogP contribution >= 0.6 is 0 Å². The second-order valence-electron chi connectivity index (χ2n) is 24.7. The van der Waals surface area contributed by atoms with Gasteiger partial charge in [-0.15, -0.1) is 0 Å². The molecule has 84 heavy (non-hydrogen) atoms. The van der Waals surface area contributed by atoms with Crippen molar-refractivity contribution < 1.29 is 50.6 Å². The van der Waals surface area contributed by atoms with E-state index < -0.39 is 54.8 Å². The molecule has 4 aromatic carbocycles. The number of ether oxygens (including phenoxy) is 5. The van der Waals surface area contributed by atoms with Gasteiger partial charge in [-0.1, -0.05) is 24.3 Å². The van der Waals surface area contributed by atoms with Crippen molar-refractivity contribution in [3.63, 3.8) is 0 Å². The smallest absolute Gasteiger partial charge is 0.297 e. The van der Waals surface area contributed by atoms with Crippen LogP contribution in [-0.2, 0) is 26.0 Å². The van der Waals surface area contributed by atoms with Crippen LogP contribution in [0.15, 0.2) is 96.0 Å². The Balaban J connectivity index is 0.781. The molecule has 0 radical (unpaired) electrons. The standard InChI is InChI=1S/C62H71F2N9O10S/c1-37(2)81-53-8-6-5-7-44(53)52-35-69(34-38-9-12-46(63)47(64)27-38)22-23-71(52)42-32-62(33-42)17-20-70(21-18-62)41-10-11-45(49(29-41)72-48-16-26-80-36-55(48)82-60-51(72)28-40-13-19-65-58(40)67-60)59(74)68-84(77,78)43-30-50(73(75)76)56-54(31-43)83-61(3,4)57(66-56)39-14-24-79-25-15-39/h5-13,19,27-31,37,39,42,48,52,55,57,66H,14-18,20-26,32-36H2,1-4H3,(H,65,67)(H,68,74)/t48-,52-,55-,57+/m0/s1. The van der Waals surface area contributed by atoms with Gasteiger partial charge in [0.25, 0.3) is 21.6 Å². The van der Waals surface area contributed by atoms with Gasteiger partial charge in [0, 0.05) is 100 Å². The molecule has 8 heterocycles. The summed E-state index contributed by atoms with van der Waals surface area (Å²) in [5.74, 6) is -1.35. The number of nitrogens with one attached hydrogen (secondary N) is 3. The SMILES string of the molecule is CC(C)Oc1ccccc1[C@@H]1CN(Cc2ccc(F)c(F)c2)CCN1C1CC2(CCN(c3ccc(C(=O)NS(=O)(=O)c4cc5c(c([N+](=O)[O-])c4)N[C@H](C4CCOCC4)C(C)(C)O5)c(N4c5cc6cc[nH]c6nc5O[C@H]5COCC[C@@H]54)c3)CC2)C1. The van der Waals surface area contributed by atoms with E-state index in [0.29, 0.717) is 68.3 Å². The second kappa shape index (κ2) is 22.1. The quantitative estimate of drug-likeness (QED) is 0.0726. The number of amides is 1. The van der Waals surface area contributed by atoms with Gasteiger partial charge in [0.2, 0.25) is 5.88 Å². The second-order valence-corrected chi connectivity index (χ2v) is 26.3. The van der Waals surface area contributed by atoms with Gasteiger partial charge in [-0.2, -0.15) is 4.98 Å². The van der Waals surface area contributed by atoms with E-state index in [0.717, 1.165) is 98.7 Å². The van der Waals surface area contributed by atoms with Crippen molar-refractivity contribution in [2.24, 2.45) is 11.3 Å². The number of nitro groups is 1. The minimum Gasteiger partial charge on any atom is -0.491 e. The Morgan fingerprint density at radius 1 is 0.917 bits per heavy atom. The molecule has 19 nitrogen and oxygen atoms in total. The molecule has 22 heteroatoms. The van der Waals surface area contributed by atoms with Crippen molar-refractivity contribution in [3.8, 4) is 17.4 Å². The number of anilines is 4. The number of sulfonamides is 1.